The molecule has 4 rings (SSSR count). The Balaban J connectivity index is 1.81. The number of fused-ring (bicyclic) bond motifs is 1. The van der Waals surface area contributed by atoms with Gasteiger partial charge in [0.1, 0.15) is 17.3 Å². The molecule has 0 spiro atoms. The molecule has 4 aromatic rings. The third kappa shape index (κ3) is 4.27. The Morgan fingerprint density at radius 2 is 1.84 bits per heavy atom. The normalized spacial score (nSPS) is 11.1. The number of carbonyl (C=O) groups excluding carboxylic acids is 1. The van der Waals surface area contributed by atoms with E-state index < -0.39 is 0 Å². The van der Waals surface area contributed by atoms with Crippen LogP contribution in [0.15, 0.2) is 59.2 Å². The topological polar surface area (TPSA) is 64.8 Å². The smallest absolute Gasteiger partial charge is 0.260 e. The molecular formula is C24H24N2O4S. The van der Waals surface area contributed by atoms with Crippen LogP contribution in [-0.4, -0.2) is 25.1 Å². The van der Waals surface area contributed by atoms with E-state index in [-0.39, 0.29) is 12.5 Å². The van der Waals surface area contributed by atoms with Crippen LogP contribution in [0, 0.1) is 0 Å². The Morgan fingerprint density at radius 3 is 2.45 bits per heavy atom. The van der Waals surface area contributed by atoms with Crippen molar-refractivity contribution in [1.82, 2.24) is 4.98 Å². The highest BCUT2D eigenvalue weighted by Gasteiger charge is 2.24. The van der Waals surface area contributed by atoms with Crippen LogP contribution < -0.4 is 14.4 Å². The molecule has 0 unspecified atom stereocenters. The largest absolute Gasteiger partial charge is 0.497 e. The van der Waals surface area contributed by atoms with Gasteiger partial charge in [-0.05, 0) is 41.8 Å². The minimum absolute atomic E-state index is 0.209. The van der Waals surface area contributed by atoms with Crippen LogP contribution in [0.3, 0.4) is 0 Å². The molecule has 0 aliphatic heterocycles. The molecule has 0 N–H and O–H groups in total. The van der Waals surface area contributed by atoms with E-state index in [1.54, 1.807) is 43.6 Å². The molecule has 6 nitrogen and oxygen atoms in total. The minimum atomic E-state index is -0.209. The van der Waals surface area contributed by atoms with Crippen molar-refractivity contribution < 1.29 is 18.7 Å². The van der Waals surface area contributed by atoms with E-state index in [0.29, 0.717) is 33.9 Å². The fourth-order valence-corrected chi connectivity index (χ4v) is 4.41. The highest BCUT2D eigenvalue weighted by Crippen LogP contribution is 2.35. The number of carbonyl (C=O) groups is 1. The second-order valence-corrected chi connectivity index (χ2v) is 8.43. The zero-order valence-corrected chi connectivity index (χ0v) is 18.7. The van der Waals surface area contributed by atoms with Gasteiger partial charge in [0.2, 0.25) is 0 Å². The second kappa shape index (κ2) is 8.81. The van der Waals surface area contributed by atoms with E-state index in [9.17, 15) is 4.79 Å². The predicted octanol–water partition coefficient (Wildman–Crippen LogP) is 5.88. The van der Waals surface area contributed by atoms with Crippen molar-refractivity contribution in [3.8, 4) is 11.5 Å². The number of para-hydroxylation sites is 1. The average molecular weight is 437 g/mol. The maximum absolute atomic E-state index is 13.6. The molecule has 0 saturated heterocycles. The molecule has 0 aliphatic carbocycles. The summed E-state index contributed by atoms with van der Waals surface area (Å²) in [5.41, 5.74) is 2.54. The van der Waals surface area contributed by atoms with Crippen molar-refractivity contribution in [2.75, 3.05) is 19.1 Å². The van der Waals surface area contributed by atoms with Gasteiger partial charge < -0.3 is 13.9 Å². The molecule has 0 aliphatic rings. The first-order valence-electron chi connectivity index (χ1n) is 9.97. The first-order chi connectivity index (χ1) is 15.0. The van der Waals surface area contributed by atoms with E-state index in [0.717, 1.165) is 15.8 Å². The minimum Gasteiger partial charge on any atom is -0.497 e. The highest BCUT2D eigenvalue weighted by atomic mass is 32.1. The second-order valence-electron chi connectivity index (χ2n) is 7.42. The first-order valence-corrected chi connectivity index (χ1v) is 10.8. The number of thiazole rings is 1. The Hall–Kier alpha value is -3.32. The van der Waals surface area contributed by atoms with Crippen molar-refractivity contribution in [2.45, 2.75) is 26.3 Å². The molecule has 0 saturated carbocycles. The molecule has 0 radical (unpaired) electrons. The predicted molar refractivity (Wildman–Crippen MR) is 122 cm³/mol. The van der Waals surface area contributed by atoms with Crippen LogP contribution in [0.4, 0.5) is 5.13 Å². The molecule has 31 heavy (non-hydrogen) atoms. The molecule has 0 fully saturated rings. The van der Waals surface area contributed by atoms with Gasteiger partial charge in [0, 0.05) is 11.6 Å². The Bertz CT molecular complexity index is 1180. The van der Waals surface area contributed by atoms with Gasteiger partial charge in [-0.3, -0.25) is 9.69 Å². The number of rotatable bonds is 7. The lowest BCUT2D eigenvalue weighted by Crippen LogP contribution is -2.30. The third-order valence-electron chi connectivity index (χ3n) is 5.03. The van der Waals surface area contributed by atoms with Crippen molar-refractivity contribution in [3.63, 3.8) is 0 Å². The number of methoxy groups -OCH3 is 2. The monoisotopic (exact) mass is 436 g/mol. The van der Waals surface area contributed by atoms with E-state index in [4.69, 9.17) is 18.9 Å². The molecule has 2 heterocycles. The number of hydrogen-bond donors (Lipinski definition) is 0. The molecule has 1 amide bonds. The summed E-state index contributed by atoms with van der Waals surface area (Å²) in [6, 6.07) is 14.9. The number of amides is 1. The molecule has 2 aromatic carbocycles. The van der Waals surface area contributed by atoms with Crippen molar-refractivity contribution in [2.24, 2.45) is 0 Å². The van der Waals surface area contributed by atoms with Gasteiger partial charge >= 0.3 is 0 Å². The summed E-state index contributed by atoms with van der Waals surface area (Å²) in [5, 5.41) is 0.617. The highest BCUT2D eigenvalue weighted by molar-refractivity contribution is 7.22. The fraction of sp³-hybridized carbons (Fsp3) is 0.250. The molecular weight excluding hydrogens is 412 g/mol. The van der Waals surface area contributed by atoms with Crippen LogP contribution >= 0.6 is 11.3 Å². The number of anilines is 1. The van der Waals surface area contributed by atoms with Gasteiger partial charge in [-0.15, -0.1) is 0 Å². The summed E-state index contributed by atoms with van der Waals surface area (Å²) in [6.45, 7) is 4.55. The molecule has 0 bridgehead atoms. The molecule has 0 atom stereocenters. The number of nitrogens with zero attached hydrogens (tertiary/aromatic N) is 2. The maximum atomic E-state index is 13.6. The van der Waals surface area contributed by atoms with Crippen LogP contribution in [0.5, 0.6) is 11.5 Å². The lowest BCUT2D eigenvalue weighted by Gasteiger charge is -2.19. The number of furan rings is 1. The van der Waals surface area contributed by atoms with E-state index in [2.05, 4.69) is 19.9 Å². The molecule has 2 aromatic heterocycles. The lowest BCUT2D eigenvalue weighted by atomic mass is 10.0. The summed E-state index contributed by atoms with van der Waals surface area (Å²) in [5.74, 6) is 1.89. The standard InChI is InChI=1S/C24H24N2O4S/c1-15(2)20-8-5-9-21-22(20)25-24(31-21)26(14-17-7-6-10-30-17)23(27)16-11-18(28-3)13-19(12-16)29-4/h5-13,15H,14H2,1-4H3. The number of ether oxygens (including phenoxy) is 2. The third-order valence-corrected chi connectivity index (χ3v) is 6.07. The van der Waals surface area contributed by atoms with Crippen LogP contribution in [0.2, 0.25) is 0 Å². The quantitative estimate of drug-likeness (QED) is 0.362. The fourth-order valence-electron chi connectivity index (χ4n) is 3.41. The molecule has 160 valence electrons. The van der Waals surface area contributed by atoms with E-state index >= 15 is 0 Å². The van der Waals surface area contributed by atoms with Gasteiger partial charge in [0.05, 0.1) is 37.2 Å². The number of benzene rings is 2. The summed E-state index contributed by atoms with van der Waals surface area (Å²) >= 11 is 1.49. The van der Waals surface area contributed by atoms with Crippen LogP contribution in [0.1, 0.15) is 41.4 Å². The first kappa shape index (κ1) is 20.9. The van der Waals surface area contributed by atoms with E-state index in [1.807, 2.05) is 24.3 Å². The van der Waals surface area contributed by atoms with Crippen molar-refractivity contribution >= 4 is 32.6 Å². The molecule has 7 heteroatoms. The summed E-state index contributed by atoms with van der Waals surface area (Å²) in [7, 11) is 3.12. The van der Waals surface area contributed by atoms with Crippen molar-refractivity contribution in [3.05, 3.63) is 71.7 Å². The number of hydrogen-bond acceptors (Lipinski definition) is 6. The summed E-state index contributed by atoms with van der Waals surface area (Å²) in [4.78, 5) is 20.1. The Labute approximate surface area is 185 Å². The van der Waals surface area contributed by atoms with Crippen LogP contribution in [0.25, 0.3) is 10.2 Å². The van der Waals surface area contributed by atoms with Gasteiger partial charge in [-0.2, -0.15) is 0 Å². The lowest BCUT2D eigenvalue weighted by molar-refractivity contribution is 0.0982. The van der Waals surface area contributed by atoms with Crippen molar-refractivity contribution in [1.29, 1.82) is 0 Å². The summed E-state index contributed by atoms with van der Waals surface area (Å²) < 4.78 is 17.3. The van der Waals surface area contributed by atoms with Gasteiger partial charge in [-0.25, -0.2) is 4.98 Å². The zero-order valence-electron chi connectivity index (χ0n) is 17.9. The van der Waals surface area contributed by atoms with Gasteiger partial charge in [-0.1, -0.05) is 37.3 Å². The maximum Gasteiger partial charge on any atom is 0.260 e. The van der Waals surface area contributed by atoms with Crippen LogP contribution in [-0.2, 0) is 6.54 Å². The van der Waals surface area contributed by atoms with Gasteiger partial charge in [0.25, 0.3) is 5.91 Å². The van der Waals surface area contributed by atoms with E-state index in [1.165, 1.54) is 11.3 Å². The Morgan fingerprint density at radius 1 is 1.10 bits per heavy atom. The average Bonchev–Trinajstić information content (AvgIpc) is 3.45. The number of aromatic nitrogens is 1. The zero-order chi connectivity index (χ0) is 22.0. The summed E-state index contributed by atoms with van der Waals surface area (Å²) in [6.07, 6.45) is 1.60. The Kier molecular flexibility index (Phi) is 5.95. The SMILES string of the molecule is COc1cc(OC)cc(C(=O)N(Cc2ccco2)c2nc3c(C(C)C)cccc3s2)c1. The van der Waals surface area contributed by atoms with Gasteiger partial charge in [0.15, 0.2) is 5.13 Å².